The smallest absolute Gasteiger partial charge is 0.311 e. The number of hydrogen-bond acceptors (Lipinski definition) is 2. The van der Waals surface area contributed by atoms with Crippen LogP contribution in [-0.4, -0.2) is 35.0 Å². The molecule has 1 N–H and O–H groups in total. The zero-order valence-corrected chi connectivity index (χ0v) is 14.9. The third-order valence-corrected chi connectivity index (χ3v) is 5.08. The van der Waals surface area contributed by atoms with E-state index >= 15 is 0 Å². The molecule has 0 bridgehead atoms. The number of nitrogens with zero attached hydrogens (tertiary/aromatic N) is 1. The number of carboxylic acid groups (broad SMARTS) is 1. The van der Waals surface area contributed by atoms with E-state index in [2.05, 4.69) is 15.9 Å². The fourth-order valence-corrected chi connectivity index (χ4v) is 3.45. The molecule has 1 aliphatic rings. The molecule has 126 valence electrons. The van der Waals surface area contributed by atoms with Gasteiger partial charge in [-0.2, -0.15) is 0 Å². The zero-order chi connectivity index (χ0) is 17.2. The summed E-state index contributed by atoms with van der Waals surface area (Å²) in [4.78, 5) is 25.7. The van der Waals surface area contributed by atoms with Crippen molar-refractivity contribution in [2.45, 2.75) is 33.1 Å². The predicted molar refractivity (Wildman–Crippen MR) is 88.5 cm³/mol. The van der Waals surface area contributed by atoms with Crippen molar-refractivity contribution < 1.29 is 19.1 Å². The molecule has 0 radical (unpaired) electrons. The van der Waals surface area contributed by atoms with E-state index in [9.17, 15) is 19.1 Å². The van der Waals surface area contributed by atoms with E-state index in [-0.39, 0.29) is 24.2 Å². The maximum Gasteiger partial charge on any atom is 0.311 e. The average molecular weight is 386 g/mol. The topological polar surface area (TPSA) is 57.6 Å². The van der Waals surface area contributed by atoms with Crippen LogP contribution in [0.1, 0.15) is 32.3 Å². The predicted octanol–water partition coefficient (Wildman–Crippen LogP) is 3.48. The van der Waals surface area contributed by atoms with E-state index in [0.717, 1.165) is 5.56 Å². The van der Waals surface area contributed by atoms with Gasteiger partial charge in [0.25, 0.3) is 0 Å². The van der Waals surface area contributed by atoms with Crippen LogP contribution in [0.3, 0.4) is 0 Å². The molecule has 0 aliphatic carbocycles. The zero-order valence-electron chi connectivity index (χ0n) is 13.3. The minimum absolute atomic E-state index is 0.0439. The van der Waals surface area contributed by atoms with Crippen molar-refractivity contribution >= 4 is 27.8 Å². The van der Waals surface area contributed by atoms with Crippen LogP contribution < -0.4 is 0 Å². The van der Waals surface area contributed by atoms with E-state index in [0.29, 0.717) is 30.3 Å². The van der Waals surface area contributed by atoms with Crippen molar-refractivity contribution in [3.8, 4) is 0 Å². The summed E-state index contributed by atoms with van der Waals surface area (Å²) in [6.45, 7) is 4.36. The molecule has 1 fully saturated rings. The fourth-order valence-electron chi connectivity index (χ4n) is 3.02. The Morgan fingerprint density at radius 1 is 1.48 bits per heavy atom. The molecule has 1 aromatic rings. The van der Waals surface area contributed by atoms with E-state index in [1.165, 1.54) is 6.07 Å². The first kappa shape index (κ1) is 17.9. The summed E-state index contributed by atoms with van der Waals surface area (Å²) in [6.07, 6.45) is 1.78. The molecule has 1 aliphatic heterocycles. The highest BCUT2D eigenvalue weighted by molar-refractivity contribution is 9.10. The highest BCUT2D eigenvalue weighted by Crippen LogP contribution is 2.30. The first-order valence-electron chi connectivity index (χ1n) is 7.69. The van der Waals surface area contributed by atoms with Crippen molar-refractivity contribution in [3.05, 3.63) is 34.1 Å². The van der Waals surface area contributed by atoms with Gasteiger partial charge in [-0.3, -0.25) is 9.59 Å². The number of likely N-dealkylation sites (tertiary alicyclic amines) is 1. The molecular weight excluding hydrogens is 365 g/mol. The number of carboxylic acids is 1. The maximum absolute atomic E-state index is 13.3. The first-order valence-corrected chi connectivity index (χ1v) is 8.48. The van der Waals surface area contributed by atoms with Crippen LogP contribution in [-0.2, 0) is 16.0 Å². The molecule has 2 unspecified atom stereocenters. The Labute approximate surface area is 143 Å². The lowest BCUT2D eigenvalue weighted by Crippen LogP contribution is -2.50. The Balaban J connectivity index is 2.04. The van der Waals surface area contributed by atoms with Crippen LogP contribution in [0.2, 0.25) is 0 Å². The highest BCUT2D eigenvalue weighted by Gasteiger charge is 2.40. The van der Waals surface area contributed by atoms with Gasteiger partial charge in [0.05, 0.1) is 9.89 Å². The van der Waals surface area contributed by atoms with Crippen molar-refractivity contribution in [3.63, 3.8) is 0 Å². The number of rotatable bonds is 4. The third-order valence-electron chi connectivity index (χ3n) is 4.47. The van der Waals surface area contributed by atoms with Crippen LogP contribution in [0.25, 0.3) is 0 Å². The normalized spacial score (nSPS) is 22.7. The number of carbonyl (C=O) groups excluding carboxylic acids is 1. The van der Waals surface area contributed by atoms with Crippen LogP contribution in [0.15, 0.2) is 22.7 Å². The van der Waals surface area contributed by atoms with Gasteiger partial charge in [0, 0.05) is 19.0 Å². The number of carbonyl (C=O) groups is 2. The maximum atomic E-state index is 13.3. The van der Waals surface area contributed by atoms with E-state index in [1.54, 1.807) is 24.0 Å². The van der Waals surface area contributed by atoms with E-state index in [1.807, 2.05) is 6.92 Å². The molecule has 0 saturated carbocycles. The van der Waals surface area contributed by atoms with E-state index in [4.69, 9.17) is 0 Å². The van der Waals surface area contributed by atoms with Gasteiger partial charge in [0.15, 0.2) is 0 Å². The summed E-state index contributed by atoms with van der Waals surface area (Å²) in [6, 6.07) is 4.72. The van der Waals surface area contributed by atoms with E-state index < -0.39 is 11.4 Å². The summed E-state index contributed by atoms with van der Waals surface area (Å²) >= 11 is 3.14. The quantitative estimate of drug-likeness (QED) is 0.862. The molecule has 1 saturated heterocycles. The highest BCUT2D eigenvalue weighted by atomic mass is 79.9. The number of benzene rings is 1. The number of halogens is 2. The lowest BCUT2D eigenvalue weighted by atomic mass is 9.81. The lowest BCUT2D eigenvalue weighted by molar-refractivity contribution is -0.154. The summed E-state index contributed by atoms with van der Waals surface area (Å²) in [7, 11) is 0. The molecular formula is C17H21BrFNO3. The number of piperidine rings is 1. The lowest BCUT2D eigenvalue weighted by Gasteiger charge is -2.38. The Kier molecular flexibility index (Phi) is 5.45. The fraction of sp³-hybridized carbons (Fsp3) is 0.529. The first-order chi connectivity index (χ1) is 10.7. The van der Waals surface area contributed by atoms with Gasteiger partial charge >= 0.3 is 5.97 Å². The summed E-state index contributed by atoms with van der Waals surface area (Å²) in [5.41, 5.74) is 0.00383. The van der Waals surface area contributed by atoms with Crippen LogP contribution in [0.4, 0.5) is 4.39 Å². The monoisotopic (exact) mass is 385 g/mol. The molecule has 4 nitrogen and oxygen atoms in total. The van der Waals surface area contributed by atoms with Crippen molar-refractivity contribution in [2.75, 3.05) is 13.1 Å². The Morgan fingerprint density at radius 2 is 2.17 bits per heavy atom. The van der Waals surface area contributed by atoms with Crippen LogP contribution in [0, 0.1) is 17.2 Å². The standard InChI is InChI=1S/C17H21BrFNO3/c1-11(8-12-4-5-14(19)13(18)9-12)15(21)20-7-3-6-17(2,10-20)16(22)23/h4-5,9,11H,3,6-8,10H2,1-2H3,(H,22,23). The van der Waals surface area contributed by atoms with Gasteiger partial charge in [-0.05, 0) is 59.8 Å². The molecule has 1 amide bonds. The molecule has 1 aromatic carbocycles. The van der Waals surface area contributed by atoms with Gasteiger partial charge < -0.3 is 10.0 Å². The average Bonchev–Trinajstić information content (AvgIpc) is 2.50. The summed E-state index contributed by atoms with van der Waals surface area (Å²) < 4.78 is 13.6. The number of hydrogen-bond donors (Lipinski definition) is 1. The van der Waals surface area contributed by atoms with Crippen LogP contribution >= 0.6 is 15.9 Å². The Morgan fingerprint density at radius 3 is 2.78 bits per heavy atom. The van der Waals surface area contributed by atoms with Gasteiger partial charge in [0.1, 0.15) is 5.82 Å². The SMILES string of the molecule is CC(Cc1ccc(F)c(Br)c1)C(=O)N1CCCC(C)(C(=O)O)C1. The van der Waals surface area contributed by atoms with Gasteiger partial charge in [-0.15, -0.1) is 0 Å². The number of amides is 1. The molecule has 2 atom stereocenters. The largest absolute Gasteiger partial charge is 0.481 e. The van der Waals surface area contributed by atoms with Crippen molar-refractivity contribution in [2.24, 2.45) is 11.3 Å². The summed E-state index contributed by atoms with van der Waals surface area (Å²) in [5.74, 6) is -1.51. The summed E-state index contributed by atoms with van der Waals surface area (Å²) in [5, 5.41) is 9.35. The molecule has 23 heavy (non-hydrogen) atoms. The second kappa shape index (κ2) is 6.99. The molecule has 1 heterocycles. The third kappa shape index (κ3) is 4.10. The minimum Gasteiger partial charge on any atom is -0.481 e. The minimum atomic E-state index is -0.869. The second-order valence-corrected chi connectivity index (χ2v) is 7.44. The molecule has 6 heteroatoms. The Bertz CT molecular complexity index is 622. The molecule has 0 aromatic heterocycles. The molecule has 2 rings (SSSR count). The van der Waals surface area contributed by atoms with Crippen molar-refractivity contribution in [1.29, 1.82) is 0 Å². The van der Waals surface area contributed by atoms with Gasteiger partial charge in [0.2, 0.25) is 5.91 Å². The second-order valence-electron chi connectivity index (χ2n) is 6.58. The Hall–Kier alpha value is -1.43. The van der Waals surface area contributed by atoms with Crippen LogP contribution in [0.5, 0.6) is 0 Å². The number of aliphatic carboxylic acids is 1. The molecule has 0 spiro atoms. The van der Waals surface area contributed by atoms with Gasteiger partial charge in [-0.1, -0.05) is 13.0 Å². The van der Waals surface area contributed by atoms with Gasteiger partial charge in [-0.25, -0.2) is 4.39 Å². The van der Waals surface area contributed by atoms with Crippen molar-refractivity contribution in [1.82, 2.24) is 4.90 Å².